The van der Waals surface area contributed by atoms with Gasteiger partial charge in [-0.1, -0.05) is 30.3 Å². The number of hydrazine groups is 1. The van der Waals surface area contributed by atoms with Gasteiger partial charge in [0.2, 0.25) is 0 Å². The topological polar surface area (TPSA) is 60.0 Å². The summed E-state index contributed by atoms with van der Waals surface area (Å²) in [6.07, 6.45) is 4.35. The highest BCUT2D eigenvalue weighted by Crippen LogP contribution is 2.14. The summed E-state index contributed by atoms with van der Waals surface area (Å²) in [5, 5.41) is 0. The molecule has 1 aromatic heterocycles. The van der Waals surface area contributed by atoms with E-state index in [4.69, 9.17) is 5.84 Å². The monoisotopic (exact) mass is 229 g/mol. The first-order chi connectivity index (χ1) is 8.31. The molecule has 0 aliphatic heterocycles. The van der Waals surface area contributed by atoms with E-state index in [9.17, 15) is 4.79 Å². The Morgan fingerprint density at radius 3 is 2.41 bits per heavy atom. The average Bonchev–Trinajstić information content (AvgIpc) is 2.90. The average molecular weight is 229 g/mol. The Balaban J connectivity index is 2.20. The van der Waals surface area contributed by atoms with Crippen molar-refractivity contribution in [3.63, 3.8) is 0 Å². The van der Waals surface area contributed by atoms with E-state index in [0.717, 1.165) is 5.56 Å². The highest BCUT2D eigenvalue weighted by Gasteiger charge is 2.18. The molecule has 0 radical (unpaired) electrons. The Kier molecular flexibility index (Phi) is 3.57. The third kappa shape index (κ3) is 2.73. The number of hydrogen-bond acceptors (Lipinski definition) is 2. The maximum Gasteiger partial charge on any atom is 0.257 e. The lowest BCUT2D eigenvalue weighted by Crippen LogP contribution is -2.37. The van der Waals surface area contributed by atoms with Crippen LogP contribution < -0.4 is 11.3 Å². The van der Waals surface area contributed by atoms with Crippen molar-refractivity contribution >= 4 is 5.91 Å². The summed E-state index contributed by atoms with van der Waals surface area (Å²) in [5.74, 6) is 5.03. The third-order valence-corrected chi connectivity index (χ3v) is 2.70. The lowest BCUT2D eigenvalue weighted by Gasteiger charge is -2.17. The van der Waals surface area contributed by atoms with Gasteiger partial charge in [-0.05, 0) is 17.7 Å². The van der Waals surface area contributed by atoms with Gasteiger partial charge in [0.1, 0.15) is 6.04 Å². The number of amides is 1. The first kappa shape index (κ1) is 11.4. The van der Waals surface area contributed by atoms with Crippen LogP contribution in [-0.2, 0) is 11.2 Å². The van der Waals surface area contributed by atoms with E-state index in [0.29, 0.717) is 6.42 Å². The van der Waals surface area contributed by atoms with Gasteiger partial charge in [0.05, 0.1) is 0 Å². The molecule has 0 saturated carbocycles. The summed E-state index contributed by atoms with van der Waals surface area (Å²) in [6.45, 7) is 0. The van der Waals surface area contributed by atoms with Crippen LogP contribution in [0.1, 0.15) is 11.6 Å². The summed E-state index contributed by atoms with van der Waals surface area (Å²) in [5.41, 5.74) is 3.32. The highest BCUT2D eigenvalue weighted by atomic mass is 16.2. The van der Waals surface area contributed by atoms with Gasteiger partial charge in [-0.15, -0.1) is 0 Å². The number of carbonyl (C=O) groups excluding carboxylic acids is 1. The van der Waals surface area contributed by atoms with Gasteiger partial charge in [-0.2, -0.15) is 0 Å². The summed E-state index contributed by atoms with van der Waals surface area (Å²) >= 11 is 0. The molecule has 0 spiro atoms. The van der Waals surface area contributed by atoms with Gasteiger partial charge >= 0.3 is 0 Å². The zero-order chi connectivity index (χ0) is 12.1. The summed E-state index contributed by atoms with van der Waals surface area (Å²) in [6, 6.07) is 13.4. The Hall–Kier alpha value is -2.07. The molecule has 88 valence electrons. The molecule has 1 unspecified atom stereocenters. The fourth-order valence-electron chi connectivity index (χ4n) is 1.82. The molecule has 0 aliphatic rings. The second-order valence-corrected chi connectivity index (χ2v) is 3.84. The quantitative estimate of drug-likeness (QED) is 0.471. The van der Waals surface area contributed by atoms with Crippen molar-refractivity contribution in [2.24, 2.45) is 5.84 Å². The van der Waals surface area contributed by atoms with Gasteiger partial charge in [0.15, 0.2) is 0 Å². The van der Waals surface area contributed by atoms with E-state index in [1.807, 2.05) is 59.4 Å². The van der Waals surface area contributed by atoms with Crippen LogP contribution in [0, 0.1) is 0 Å². The number of aromatic nitrogens is 1. The molecular weight excluding hydrogens is 214 g/mol. The summed E-state index contributed by atoms with van der Waals surface area (Å²) in [4.78, 5) is 11.8. The van der Waals surface area contributed by atoms with Crippen molar-refractivity contribution in [2.45, 2.75) is 12.5 Å². The molecule has 1 atom stereocenters. The van der Waals surface area contributed by atoms with Gasteiger partial charge in [0, 0.05) is 18.8 Å². The van der Waals surface area contributed by atoms with Gasteiger partial charge in [0.25, 0.3) is 5.91 Å². The minimum absolute atomic E-state index is 0.190. The van der Waals surface area contributed by atoms with Crippen LogP contribution in [0.15, 0.2) is 54.9 Å². The van der Waals surface area contributed by atoms with Crippen LogP contribution in [0.2, 0.25) is 0 Å². The van der Waals surface area contributed by atoms with Crippen molar-refractivity contribution < 1.29 is 4.79 Å². The standard InChI is InChI=1S/C13H15N3O/c14-15-13(17)12(16-8-4-5-9-16)10-11-6-2-1-3-7-11/h1-9,12H,10,14H2,(H,15,17). The van der Waals surface area contributed by atoms with Crippen LogP contribution in [0.4, 0.5) is 0 Å². The minimum Gasteiger partial charge on any atom is -0.342 e. The first-order valence-electron chi connectivity index (χ1n) is 5.48. The van der Waals surface area contributed by atoms with Crippen LogP contribution in [0.3, 0.4) is 0 Å². The Bertz CT molecular complexity index is 465. The largest absolute Gasteiger partial charge is 0.342 e. The number of hydrogen-bond donors (Lipinski definition) is 2. The highest BCUT2D eigenvalue weighted by molar-refractivity contribution is 5.80. The number of benzene rings is 1. The van der Waals surface area contributed by atoms with Crippen molar-refractivity contribution in [2.75, 3.05) is 0 Å². The van der Waals surface area contributed by atoms with Gasteiger partial charge in [-0.3, -0.25) is 10.2 Å². The third-order valence-electron chi connectivity index (χ3n) is 2.70. The van der Waals surface area contributed by atoms with Crippen molar-refractivity contribution in [3.05, 3.63) is 60.4 Å². The van der Waals surface area contributed by atoms with Crippen LogP contribution >= 0.6 is 0 Å². The van der Waals surface area contributed by atoms with Crippen LogP contribution in [-0.4, -0.2) is 10.5 Å². The Morgan fingerprint density at radius 2 is 1.82 bits per heavy atom. The molecule has 0 aliphatic carbocycles. The predicted octanol–water partition coefficient (Wildman–Crippen LogP) is 1.26. The fourth-order valence-corrected chi connectivity index (χ4v) is 1.82. The van der Waals surface area contributed by atoms with E-state index in [1.165, 1.54) is 0 Å². The molecule has 0 saturated heterocycles. The molecule has 2 rings (SSSR count). The molecule has 2 aromatic rings. The Morgan fingerprint density at radius 1 is 1.18 bits per heavy atom. The normalized spacial score (nSPS) is 12.1. The number of nitrogens with zero attached hydrogens (tertiary/aromatic N) is 1. The van der Waals surface area contributed by atoms with Gasteiger partial charge < -0.3 is 4.57 Å². The molecule has 4 nitrogen and oxygen atoms in total. The number of nitrogens with two attached hydrogens (primary N) is 1. The van der Waals surface area contributed by atoms with E-state index < -0.39 is 0 Å². The molecule has 0 bridgehead atoms. The molecule has 17 heavy (non-hydrogen) atoms. The van der Waals surface area contributed by atoms with E-state index >= 15 is 0 Å². The lowest BCUT2D eigenvalue weighted by atomic mass is 10.1. The second-order valence-electron chi connectivity index (χ2n) is 3.84. The molecule has 1 amide bonds. The van der Waals surface area contributed by atoms with E-state index in [1.54, 1.807) is 0 Å². The maximum atomic E-state index is 11.8. The SMILES string of the molecule is NNC(=O)C(Cc1ccccc1)n1cccc1. The zero-order valence-corrected chi connectivity index (χ0v) is 9.41. The van der Waals surface area contributed by atoms with Crippen molar-refractivity contribution in [3.8, 4) is 0 Å². The first-order valence-corrected chi connectivity index (χ1v) is 5.48. The fraction of sp³-hybridized carbons (Fsp3) is 0.154. The van der Waals surface area contributed by atoms with E-state index in [-0.39, 0.29) is 11.9 Å². The number of nitrogens with one attached hydrogen (secondary N) is 1. The molecule has 1 heterocycles. The molecule has 4 heteroatoms. The number of rotatable bonds is 4. The molecular formula is C13H15N3O. The summed E-state index contributed by atoms with van der Waals surface area (Å²) < 4.78 is 1.86. The minimum atomic E-state index is -0.308. The summed E-state index contributed by atoms with van der Waals surface area (Å²) in [7, 11) is 0. The van der Waals surface area contributed by atoms with Crippen LogP contribution in [0.25, 0.3) is 0 Å². The molecule has 0 fully saturated rings. The maximum absolute atomic E-state index is 11.8. The van der Waals surface area contributed by atoms with Crippen molar-refractivity contribution in [1.82, 2.24) is 9.99 Å². The molecule has 1 aromatic carbocycles. The zero-order valence-electron chi connectivity index (χ0n) is 9.41. The lowest BCUT2D eigenvalue weighted by molar-refractivity contribution is -0.124. The van der Waals surface area contributed by atoms with Crippen molar-refractivity contribution in [1.29, 1.82) is 0 Å². The molecule has 3 N–H and O–H groups in total. The number of carbonyl (C=O) groups is 1. The smallest absolute Gasteiger partial charge is 0.257 e. The van der Waals surface area contributed by atoms with Crippen LogP contribution in [0.5, 0.6) is 0 Å². The Labute approximate surface area is 100 Å². The predicted molar refractivity (Wildman–Crippen MR) is 65.9 cm³/mol. The second kappa shape index (κ2) is 5.32. The van der Waals surface area contributed by atoms with Gasteiger partial charge in [-0.25, -0.2) is 5.84 Å². The van der Waals surface area contributed by atoms with E-state index in [2.05, 4.69) is 5.43 Å².